The summed E-state index contributed by atoms with van der Waals surface area (Å²) in [6, 6.07) is 7.10. The molecule has 2 saturated carbocycles. The Balaban J connectivity index is 1.71. The van der Waals surface area contributed by atoms with Crippen LogP contribution in [0.4, 0.5) is 0 Å². The third kappa shape index (κ3) is 3.61. The van der Waals surface area contributed by atoms with Crippen LogP contribution in [0.5, 0.6) is 11.5 Å². The van der Waals surface area contributed by atoms with E-state index in [0.717, 1.165) is 31.2 Å². The number of amides is 1. The average molecular weight is 409 g/mol. The number of aromatic nitrogens is 1. The summed E-state index contributed by atoms with van der Waals surface area (Å²) in [5.74, 6) is -0.233. The Morgan fingerprint density at radius 1 is 1.37 bits per heavy atom. The molecule has 7 nitrogen and oxygen atoms in total. The maximum absolute atomic E-state index is 12.5. The molecule has 0 atom stereocenters. The van der Waals surface area contributed by atoms with E-state index in [4.69, 9.17) is 10.1 Å². The molecule has 0 radical (unpaired) electrons. The summed E-state index contributed by atoms with van der Waals surface area (Å²) in [7, 11) is 1.46. The predicted molar refractivity (Wildman–Crippen MR) is 112 cm³/mol. The number of pyridine rings is 1. The zero-order chi connectivity index (χ0) is 21.5. The van der Waals surface area contributed by atoms with E-state index in [0.29, 0.717) is 11.3 Å². The van der Waals surface area contributed by atoms with Gasteiger partial charge in [-0.05, 0) is 62.4 Å². The molecule has 0 aliphatic heterocycles. The van der Waals surface area contributed by atoms with Crippen molar-refractivity contribution in [2.45, 2.75) is 44.1 Å². The van der Waals surface area contributed by atoms with Crippen LogP contribution in [0.25, 0.3) is 5.70 Å². The molecule has 0 spiro atoms. The zero-order valence-electron chi connectivity index (χ0n) is 17.2. The number of aliphatic hydroxyl groups is 1. The number of phenolic OH excluding ortho intramolecular Hbond substituents is 1. The number of nitrogens with zero attached hydrogens (tertiary/aromatic N) is 1. The van der Waals surface area contributed by atoms with E-state index in [1.54, 1.807) is 22.9 Å². The number of carbonyl (C=O) groups is 1. The molecule has 1 aromatic heterocycles. The normalized spacial score (nSPS) is 17.5. The van der Waals surface area contributed by atoms with E-state index in [9.17, 15) is 15.0 Å². The number of rotatable bonds is 7. The van der Waals surface area contributed by atoms with Crippen molar-refractivity contribution in [3.05, 3.63) is 58.7 Å². The second kappa shape index (κ2) is 7.65. The van der Waals surface area contributed by atoms with Crippen LogP contribution in [0, 0.1) is 5.41 Å². The molecule has 2 aliphatic carbocycles. The maximum Gasteiger partial charge on any atom is 0.259 e. The summed E-state index contributed by atoms with van der Waals surface area (Å²) in [4.78, 5) is 12.5. The minimum atomic E-state index is -0.350. The zero-order valence-corrected chi connectivity index (χ0v) is 17.2. The van der Waals surface area contributed by atoms with Gasteiger partial charge >= 0.3 is 0 Å². The molecule has 2 aliphatic rings. The van der Waals surface area contributed by atoms with Gasteiger partial charge in [-0.1, -0.05) is 6.08 Å². The Morgan fingerprint density at radius 2 is 2.10 bits per heavy atom. The lowest BCUT2D eigenvalue weighted by atomic mass is 9.98. The molecule has 1 aromatic carbocycles. The number of aromatic hydroxyl groups is 1. The molecule has 1 amide bonds. The second-order valence-electron chi connectivity index (χ2n) is 8.10. The number of phenols is 1. The quantitative estimate of drug-likeness (QED) is 0.564. The monoisotopic (exact) mass is 409 g/mol. The van der Waals surface area contributed by atoms with Gasteiger partial charge in [-0.3, -0.25) is 10.2 Å². The SMILES string of the molecule is C/C=C(/c1cc(O)c(C(=O)NC2CC2)c(OC)c1)n1ccc(C2(CO)CC2)cc1=N. The average Bonchev–Trinajstić information content (AvgIpc) is 3.64. The summed E-state index contributed by atoms with van der Waals surface area (Å²) in [6.45, 7) is 1.94. The number of aliphatic hydroxyl groups excluding tert-OH is 1. The van der Waals surface area contributed by atoms with Gasteiger partial charge in [0, 0.05) is 23.2 Å². The van der Waals surface area contributed by atoms with Gasteiger partial charge in [-0.25, -0.2) is 0 Å². The number of allylic oxidation sites excluding steroid dienone is 1. The van der Waals surface area contributed by atoms with Crippen molar-refractivity contribution in [1.82, 2.24) is 9.88 Å². The van der Waals surface area contributed by atoms with E-state index in [1.165, 1.54) is 13.2 Å². The number of benzene rings is 1. The van der Waals surface area contributed by atoms with Crippen molar-refractivity contribution in [3.8, 4) is 11.5 Å². The summed E-state index contributed by atoms with van der Waals surface area (Å²) in [6.07, 6.45) is 7.41. The van der Waals surface area contributed by atoms with E-state index in [2.05, 4.69) is 5.32 Å². The molecule has 158 valence electrons. The van der Waals surface area contributed by atoms with Gasteiger partial charge in [-0.15, -0.1) is 0 Å². The number of carbonyl (C=O) groups excluding carboxylic acids is 1. The summed E-state index contributed by atoms with van der Waals surface area (Å²) >= 11 is 0. The first-order valence-corrected chi connectivity index (χ1v) is 10.2. The van der Waals surface area contributed by atoms with Gasteiger partial charge in [0.2, 0.25) is 0 Å². The van der Waals surface area contributed by atoms with E-state index in [-0.39, 0.29) is 46.5 Å². The first-order chi connectivity index (χ1) is 14.4. The molecule has 1 heterocycles. The van der Waals surface area contributed by atoms with Crippen LogP contribution in [-0.2, 0) is 5.41 Å². The van der Waals surface area contributed by atoms with Gasteiger partial charge in [0.1, 0.15) is 22.6 Å². The summed E-state index contributed by atoms with van der Waals surface area (Å²) < 4.78 is 7.11. The van der Waals surface area contributed by atoms with Gasteiger partial charge < -0.3 is 24.8 Å². The van der Waals surface area contributed by atoms with E-state index < -0.39 is 0 Å². The Morgan fingerprint density at radius 3 is 2.63 bits per heavy atom. The number of ether oxygens (including phenoxy) is 1. The smallest absolute Gasteiger partial charge is 0.259 e. The number of methoxy groups -OCH3 is 1. The van der Waals surface area contributed by atoms with Crippen molar-refractivity contribution in [1.29, 1.82) is 5.41 Å². The molecule has 0 unspecified atom stereocenters. The molecule has 30 heavy (non-hydrogen) atoms. The van der Waals surface area contributed by atoms with Gasteiger partial charge in [0.25, 0.3) is 5.91 Å². The Kier molecular flexibility index (Phi) is 5.15. The van der Waals surface area contributed by atoms with Gasteiger partial charge in [0.15, 0.2) is 0 Å². The fraction of sp³-hybridized carbons (Fsp3) is 0.391. The molecule has 0 bridgehead atoms. The molecule has 7 heteroatoms. The predicted octanol–water partition coefficient (Wildman–Crippen LogP) is 2.51. The summed E-state index contributed by atoms with van der Waals surface area (Å²) in [5.41, 5.74) is 2.47. The largest absolute Gasteiger partial charge is 0.507 e. The van der Waals surface area contributed by atoms with Crippen LogP contribution in [0.15, 0.2) is 36.5 Å². The Bertz CT molecular complexity index is 1080. The van der Waals surface area contributed by atoms with Crippen LogP contribution in [0.1, 0.15) is 54.1 Å². The summed E-state index contributed by atoms with van der Waals surface area (Å²) in [5, 5.41) is 31.7. The molecular formula is C23H27N3O4. The standard InChI is InChI=1S/C23H27N3O4/c1-3-17(26-9-6-15(12-20(26)24)23(13-27)7-8-23)14-10-18(28)21(19(11-14)30-2)22(29)25-16-4-5-16/h3,6,9-12,16,24,27-28H,4-5,7-8,13H2,1-2H3,(H,25,29)/b17-3-,24-20?. The third-order valence-corrected chi connectivity index (χ3v) is 5.99. The highest BCUT2D eigenvalue weighted by atomic mass is 16.5. The lowest BCUT2D eigenvalue weighted by molar-refractivity contribution is 0.0945. The minimum absolute atomic E-state index is 0.0857. The number of nitrogens with one attached hydrogen (secondary N) is 2. The fourth-order valence-electron chi connectivity index (χ4n) is 3.80. The number of hydrogen-bond acceptors (Lipinski definition) is 5. The lowest BCUT2D eigenvalue weighted by Gasteiger charge is -2.18. The Hall–Kier alpha value is -3.06. The molecule has 2 aromatic rings. The van der Waals surface area contributed by atoms with Crippen LogP contribution in [-0.4, -0.2) is 40.4 Å². The topological polar surface area (TPSA) is 108 Å². The minimum Gasteiger partial charge on any atom is -0.507 e. The van der Waals surface area contributed by atoms with Gasteiger partial charge in [0.05, 0.1) is 19.4 Å². The van der Waals surface area contributed by atoms with Crippen molar-refractivity contribution in [2.24, 2.45) is 0 Å². The van der Waals surface area contributed by atoms with Crippen LogP contribution in [0.2, 0.25) is 0 Å². The van der Waals surface area contributed by atoms with Crippen LogP contribution < -0.4 is 15.5 Å². The highest BCUT2D eigenvalue weighted by Crippen LogP contribution is 2.47. The maximum atomic E-state index is 12.5. The molecular weight excluding hydrogens is 382 g/mol. The molecule has 2 fully saturated rings. The van der Waals surface area contributed by atoms with E-state index >= 15 is 0 Å². The third-order valence-electron chi connectivity index (χ3n) is 5.99. The molecule has 0 saturated heterocycles. The highest BCUT2D eigenvalue weighted by Gasteiger charge is 2.43. The van der Waals surface area contributed by atoms with Gasteiger partial charge in [-0.2, -0.15) is 0 Å². The van der Waals surface area contributed by atoms with Crippen molar-refractivity contribution in [2.75, 3.05) is 13.7 Å². The lowest BCUT2D eigenvalue weighted by Crippen LogP contribution is -2.26. The molecule has 4 N–H and O–H groups in total. The van der Waals surface area contributed by atoms with Crippen molar-refractivity contribution < 1.29 is 19.7 Å². The fourth-order valence-corrected chi connectivity index (χ4v) is 3.80. The van der Waals surface area contributed by atoms with Crippen molar-refractivity contribution in [3.63, 3.8) is 0 Å². The van der Waals surface area contributed by atoms with Crippen LogP contribution in [0.3, 0.4) is 0 Å². The molecule has 4 rings (SSSR count). The number of hydrogen-bond donors (Lipinski definition) is 4. The second-order valence-corrected chi connectivity index (χ2v) is 8.10. The first-order valence-electron chi connectivity index (χ1n) is 10.2. The first kappa shape index (κ1) is 20.2. The highest BCUT2D eigenvalue weighted by molar-refractivity contribution is 6.00. The Labute approximate surface area is 175 Å². The van der Waals surface area contributed by atoms with Crippen molar-refractivity contribution >= 4 is 11.6 Å². The van der Waals surface area contributed by atoms with Crippen LogP contribution >= 0.6 is 0 Å². The van der Waals surface area contributed by atoms with E-state index in [1.807, 2.05) is 19.1 Å².